The van der Waals surface area contributed by atoms with Gasteiger partial charge in [-0.2, -0.15) is 0 Å². The predicted molar refractivity (Wildman–Crippen MR) is 90.5 cm³/mol. The lowest BCUT2D eigenvalue weighted by molar-refractivity contribution is -0.115. The largest absolute Gasteiger partial charge is 0.385 e. The molecule has 2 rings (SSSR count). The van der Waals surface area contributed by atoms with E-state index in [0.29, 0.717) is 24.7 Å². The number of rotatable bonds is 8. The van der Waals surface area contributed by atoms with Crippen molar-refractivity contribution in [1.29, 1.82) is 0 Å². The number of hydrogen-bond donors (Lipinski definition) is 2. The number of aryl methyl sites for hydroxylation is 1. The summed E-state index contributed by atoms with van der Waals surface area (Å²) < 4.78 is 4.98. The zero-order valence-electron chi connectivity index (χ0n) is 13.5. The van der Waals surface area contributed by atoms with Crippen molar-refractivity contribution >= 4 is 17.5 Å². The third kappa shape index (κ3) is 6.04. The van der Waals surface area contributed by atoms with Gasteiger partial charge in [-0.3, -0.25) is 4.79 Å². The van der Waals surface area contributed by atoms with Crippen molar-refractivity contribution in [3.63, 3.8) is 0 Å². The highest BCUT2D eigenvalue weighted by Gasteiger charge is 2.06. The molecule has 0 spiro atoms. The number of ether oxygens (including phenoxy) is 1. The van der Waals surface area contributed by atoms with Crippen LogP contribution >= 0.6 is 0 Å². The third-order valence-electron chi connectivity index (χ3n) is 3.21. The SMILES string of the molecule is COCCCNc1ccc(NC(=O)Cc2cccc(C)c2)nn1. The molecule has 0 atom stereocenters. The first-order valence-electron chi connectivity index (χ1n) is 7.59. The number of amides is 1. The number of aromatic nitrogens is 2. The molecule has 0 aliphatic carbocycles. The Labute approximate surface area is 136 Å². The van der Waals surface area contributed by atoms with E-state index in [2.05, 4.69) is 20.8 Å². The average molecular weight is 314 g/mol. The van der Waals surface area contributed by atoms with E-state index in [1.54, 1.807) is 19.2 Å². The summed E-state index contributed by atoms with van der Waals surface area (Å²) in [4.78, 5) is 12.0. The van der Waals surface area contributed by atoms with E-state index in [1.165, 1.54) is 0 Å². The quantitative estimate of drug-likeness (QED) is 0.732. The van der Waals surface area contributed by atoms with Crippen LogP contribution in [0.3, 0.4) is 0 Å². The molecular formula is C17H22N4O2. The highest BCUT2D eigenvalue weighted by atomic mass is 16.5. The Balaban J connectivity index is 1.81. The minimum Gasteiger partial charge on any atom is -0.385 e. The Morgan fingerprint density at radius 1 is 1.17 bits per heavy atom. The number of carbonyl (C=O) groups excluding carboxylic acids is 1. The molecule has 6 heteroatoms. The van der Waals surface area contributed by atoms with Crippen molar-refractivity contribution in [2.75, 3.05) is 30.9 Å². The van der Waals surface area contributed by atoms with Crippen LogP contribution in [0.25, 0.3) is 0 Å². The number of nitrogens with one attached hydrogen (secondary N) is 2. The van der Waals surface area contributed by atoms with Crippen molar-refractivity contribution in [2.24, 2.45) is 0 Å². The minimum absolute atomic E-state index is 0.106. The fourth-order valence-electron chi connectivity index (χ4n) is 2.12. The molecule has 2 aromatic rings. The van der Waals surface area contributed by atoms with E-state index in [-0.39, 0.29) is 5.91 Å². The van der Waals surface area contributed by atoms with Crippen LogP contribution in [0.15, 0.2) is 36.4 Å². The lowest BCUT2D eigenvalue weighted by Crippen LogP contribution is -2.16. The Morgan fingerprint density at radius 3 is 2.65 bits per heavy atom. The Bertz CT molecular complexity index is 629. The van der Waals surface area contributed by atoms with E-state index in [0.717, 1.165) is 24.1 Å². The highest BCUT2D eigenvalue weighted by molar-refractivity contribution is 5.91. The molecule has 0 radical (unpaired) electrons. The number of benzene rings is 1. The lowest BCUT2D eigenvalue weighted by atomic mass is 10.1. The van der Waals surface area contributed by atoms with E-state index in [9.17, 15) is 4.79 Å². The first-order chi connectivity index (χ1) is 11.2. The maximum atomic E-state index is 12.0. The second-order valence-corrected chi connectivity index (χ2v) is 5.29. The second kappa shape index (κ2) is 8.85. The van der Waals surface area contributed by atoms with Crippen LogP contribution < -0.4 is 10.6 Å². The van der Waals surface area contributed by atoms with Gasteiger partial charge in [0, 0.05) is 20.3 Å². The zero-order chi connectivity index (χ0) is 16.5. The van der Waals surface area contributed by atoms with Crippen LogP contribution in [0.5, 0.6) is 0 Å². The number of carbonyl (C=O) groups is 1. The van der Waals surface area contributed by atoms with Gasteiger partial charge in [0.15, 0.2) is 5.82 Å². The molecule has 2 N–H and O–H groups in total. The van der Waals surface area contributed by atoms with Crippen LogP contribution in [0.2, 0.25) is 0 Å². The number of methoxy groups -OCH3 is 1. The van der Waals surface area contributed by atoms with Gasteiger partial charge in [-0.1, -0.05) is 29.8 Å². The zero-order valence-corrected chi connectivity index (χ0v) is 13.5. The first kappa shape index (κ1) is 16.9. The van der Waals surface area contributed by atoms with E-state index in [1.807, 2.05) is 31.2 Å². The minimum atomic E-state index is -0.106. The van der Waals surface area contributed by atoms with Gasteiger partial charge in [-0.05, 0) is 31.0 Å². The molecule has 0 saturated carbocycles. The Hall–Kier alpha value is -2.47. The van der Waals surface area contributed by atoms with Crippen LogP contribution in [0.4, 0.5) is 11.6 Å². The molecule has 1 aromatic heterocycles. The van der Waals surface area contributed by atoms with Crippen molar-refractivity contribution in [2.45, 2.75) is 19.8 Å². The lowest BCUT2D eigenvalue weighted by Gasteiger charge is -2.07. The summed E-state index contributed by atoms with van der Waals surface area (Å²) in [6.45, 7) is 3.47. The van der Waals surface area contributed by atoms with Gasteiger partial charge >= 0.3 is 0 Å². The molecule has 0 aliphatic rings. The average Bonchev–Trinajstić information content (AvgIpc) is 2.53. The summed E-state index contributed by atoms with van der Waals surface area (Å²) in [5.41, 5.74) is 2.12. The molecule has 0 unspecified atom stereocenters. The van der Waals surface area contributed by atoms with Gasteiger partial charge in [-0.25, -0.2) is 0 Å². The van der Waals surface area contributed by atoms with E-state index in [4.69, 9.17) is 4.74 Å². The summed E-state index contributed by atoms with van der Waals surface area (Å²) >= 11 is 0. The van der Waals surface area contributed by atoms with Crippen molar-refractivity contribution in [3.8, 4) is 0 Å². The second-order valence-electron chi connectivity index (χ2n) is 5.29. The van der Waals surface area contributed by atoms with E-state index >= 15 is 0 Å². The standard InChI is InChI=1S/C17H22N4O2/c1-13-5-3-6-14(11-13)12-17(22)19-16-8-7-15(20-21-16)18-9-4-10-23-2/h3,5-8,11H,4,9-10,12H2,1-2H3,(H,18,20)(H,19,21,22). The fraction of sp³-hybridized carbons (Fsp3) is 0.353. The molecule has 122 valence electrons. The van der Waals surface area contributed by atoms with Gasteiger partial charge in [0.1, 0.15) is 5.82 Å². The first-order valence-corrected chi connectivity index (χ1v) is 7.59. The number of anilines is 2. The highest BCUT2D eigenvalue weighted by Crippen LogP contribution is 2.08. The smallest absolute Gasteiger partial charge is 0.229 e. The van der Waals surface area contributed by atoms with Crippen molar-refractivity contribution < 1.29 is 9.53 Å². The maximum Gasteiger partial charge on any atom is 0.229 e. The van der Waals surface area contributed by atoms with Gasteiger partial charge in [0.05, 0.1) is 6.42 Å². The number of nitrogens with zero attached hydrogens (tertiary/aromatic N) is 2. The summed E-state index contributed by atoms with van der Waals surface area (Å²) in [5.74, 6) is 1.02. The summed E-state index contributed by atoms with van der Waals surface area (Å²) in [7, 11) is 1.67. The summed E-state index contributed by atoms with van der Waals surface area (Å²) in [6.07, 6.45) is 1.22. The topological polar surface area (TPSA) is 76.1 Å². The Morgan fingerprint density at radius 2 is 1.96 bits per heavy atom. The Kier molecular flexibility index (Phi) is 6.50. The van der Waals surface area contributed by atoms with Gasteiger partial charge < -0.3 is 15.4 Å². The molecule has 0 aliphatic heterocycles. The molecular weight excluding hydrogens is 292 g/mol. The summed E-state index contributed by atoms with van der Waals surface area (Å²) in [6, 6.07) is 11.4. The molecule has 0 bridgehead atoms. The van der Waals surface area contributed by atoms with Crippen molar-refractivity contribution in [1.82, 2.24) is 10.2 Å². The number of hydrogen-bond acceptors (Lipinski definition) is 5. The molecule has 0 saturated heterocycles. The van der Waals surface area contributed by atoms with Gasteiger partial charge in [-0.15, -0.1) is 10.2 Å². The third-order valence-corrected chi connectivity index (χ3v) is 3.21. The normalized spacial score (nSPS) is 10.3. The van der Waals surface area contributed by atoms with Gasteiger partial charge in [0.25, 0.3) is 0 Å². The molecule has 1 aromatic carbocycles. The van der Waals surface area contributed by atoms with Crippen LogP contribution in [-0.2, 0) is 16.0 Å². The summed E-state index contributed by atoms with van der Waals surface area (Å²) in [5, 5.41) is 13.9. The van der Waals surface area contributed by atoms with Crippen molar-refractivity contribution in [3.05, 3.63) is 47.5 Å². The molecule has 1 amide bonds. The molecule has 6 nitrogen and oxygen atoms in total. The molecule has 23 heavy (non-hydrogen) atoms. The predicted octanol–water partition coefficient (Wildman–Crippen LogP) is 2.41. The monoisotopic (exact) mass is 314 g/mol. The van der Waals surface area contributed by atoms with Crippen LogP contribution in [0.1, 0.15) is 17.5 Å². The van der Waals surface area contributed by atoms with E-state index < -0.39 is 0 Å². The fourth-order valence-corrected chi connectivity index (χ4v) is 2.12. The van der Waals surface area contributed by atoms with Gasteiger partial charge in [0.2, 0.25) is 5.91 Å². The van der Waals surface area contributed by atoms with Crippen LogP contribution in [-0.4, -0.2) is 36.4 Å². The molecule has 0 fully saturated rings. The van der Waals surface area contributed by atoms with Crippen LogP contribution in [0, 0.1) is 6.92 Å². The maximum absolute atomic E-state index is 12.0. The molecule has 1 heterocycles.